The number of amides is 2. The second-order valence-electron chi connectivity index (χ2n) is 6.48. The highest BCUT2D eigenvalue weighted by Gasteiger charge is 2.20. The van der Waals surface area contributed by atoms with Gasteiger partial charge in [0.2, 0.25) is 5.91 Å². The Hall–Kier alpha value is -3.21. The first-order valence-electron chi connectivity index (χ1n) is 8.72. The highest BCUT2D eigenvalue weighted by atomic mass is 16.2. The number of nitrogens with zero attached hydrogens (tertiary/aromatic N) is 2. The van der Waals surface area contributed by atoms with Gasteiger partial charge in [-0.2, -0.15) is 0 Å². The number of nitrogens with one attached hydrogen (secondary N) is 1. The monoisotopic (exact) mass is 345 g/mol. The van der Waals surface area contributed by atoms with Gasteiger partial charge in [0.25, 0.3) is 5.91 Å². The summed E-state index contributed by atoms with van der Waals surface area (Å²) in [4.78, 5) is 30.3. The van der Waals surface area contributed by atoms with E-state index in [1.54, 1.807) is 18.3 Å². The van der Waals surface area contributed by atoms with Gasteiger partial charge in [-0.1, -0.05) is 18.2 Å². The van der Waals surface area contributed by atoms with Crippen LogP contribution in [0.3, 0.4) is 0 Å². The molecule has 0 aliphatic carbocycles. The van der Waals surface area contributed by atoms with Gasteiger partial charge in [0.1, 0.15) is 0 Å². The van der Waals surface area contributed by atoms with Gasteiger partial charge in [0, 0.05) is 42.3 Å². The topological polar surface area (TPSA) is 62.3 Å². The Morgan fingerprint density at radius 2 is 1.96 bits per heavy atom. The molecule has 4 rings (SSSR count). The maximum Gasteiger partial charge on any atom is 0.255 e. The molecule has 1 aliphatic rings. The van der Waals surface area contributed by atoms with Crippen LogP contribution in [-0.4, -0.2) is 28.2 Å². The number of hydrogen-bond donors (Lipinski definition) is 1. The Bertz CT molecular complexity index is 966. The predicted octanol–water partition coefficient (Wildman–Crippen LogP) is 3.61. The van der Waals surface area contributed by atoms with Crippen molar-refractivity contribution >= 4 is 28.4 Å². The molecule has 2 amide bonds. The number of likely N-dealkylation sites (tertiary alicyclic amines) is 1. The van der Waals surface area contributed by atoms with E-state index in [1.165, 1.54) is 0 Å². The molecule has 1 fully saturated rings. The molecule has 1 saturated heterocycles. The van der Waals surface area contributed by atoms with E-state index in [4.69, 9.17) is 0 Å². The van der Waals surface area contributed by atoms with Gasteiger partial charge < -0.3 is 10.2 Å². The third kappa shape index (κ3) is 3.42. The molecule has 0 bridgehead atoms. The van der Waals surface area contributed by atoms with E-state index in [0.29, 0.717) is 18.5 Å². The average Bonchev–Trinajstić information content (AvgIpc) is 3.07. The highest BCUT2D eigenvalue weighted by molar-refractivity contribution is 6.05. The van der Waals surface area contributed by atoms with E-state index < -0.39 is 0 Å². The maximum absolute atomic E-state index is 12.5. The molecule has 5 heteroatoms. The molecule has 0 atom stereocenters. The quantitative estimate of drug-likeness (QED) is 0.786. The molecule has 0 unspecified atom stereocenters. The molecule has 5 nitrogen and oxygen atoms in total. The average molecular weight is 345 g/mol. The van der Waals surface area contributed by atoms with Crippen molar-refractivity contribution in [1.29, 1.82) is 0 Å². The van der Waals surface area contributed by atoms with Crippen molar-refractivity contribution in [2.75, 3.05) is 11.9 Å². The Labute approximate surface area is 151 Å². The van der Waals surface area contributed by atoms with Gasteiger partial charge in [0.05, 0.1) is 5.52 Å². The molecule has 26 heavy (non-hydrogen) atoms. The number of benzene rings is 2. The largest absolute Gasteiger partial charge is 0.338 e. The third-order valence-electron chi connectivity index (χ3n) is 4.62. The fraction of sp³-hybridized carbons (Fsp3) is 0.190. The Kier molecular flexibility index (Phi) is 4.35. The second kappa shape index (κ2) is 6.96. The van der Waals surface area contributed by atoms with Gasteiger partial charge in [0.15, 0.2) is 0 Å². The summed E-state index contributed by atoms with van der Waals surface area (Å²) in [5.74, 6) is 0.0506. The summed E-state index contributed by atoms with van der Waals surface area (Å²) < 4.78 is 0. The maximum atomic E-state index is 12.5. The SMILES string of the molecule is O=C(Nc1ccc2ncccc2c1)c1ccc(CN2CCCC2=O)cc1. The number of anilines is 1. The molecule has 1 N–H and O–H groups in total. The van der Waals surface area contributed by atoms with E-state index in [1.807, 2.05) is 47.4 Å². The summed E-state index contributed by atoms with van der Waals surface area (Å²) in [6, 6.07) is 16.9. The number of carbonyl (C=O) groups is 2. The van der Waals surface area contributed by atoms with Crippen molar-refractivity contribution in [3.8, 4) is 0 Å². The van der Waals surface area contributed by atoms with Crippen molar-refractivity contribution in [1.82, 2.24) is 9.88 Å². The minimum atomic E-state index is -0.156. The van der Waals surface area contributed by atoms with Crippen LogP contribution in [0.4, 0.5) is 5.69 Å². The standard InChI is InChI=1S/C21H19N3O2/c25-20-4-2-12-24(20)14-15-5-7-16(8-6-15)21(26)23-18-9-10-19-17(13-18)3-1-11-22-19/h1,3,5-11,13H,2,4,12,14H2,(H,23,26). The van der Waals surface area contributed by atoms with E-state index in [9.17, 15) is 9.59 Å². The minimum Gasteiger partial charge on any atom is -0.338 e. The molecule has 3 aromatic rings. The third-order valence-corrected chi connectivity index (χ3v) is 4.62. The number of fused-ring (bicyclic) bond motifs is 1. The van der Waals surface area contributed by atoms with Crippen LogP contribution < -0.4 is 5.32 Å². The van der Waals surface area contributed by atoms with Crippen molar-refractivity contribution in [3.63, 3.8) is 0 Å². The van der Waals surface area contributed by atoms with Crippen LogP contribution in [0.5, 0.6) is 0 Å². The van der Waals surface area contributed by atoms with Crippen LogP contribution in [0.25, 0.3) is 10.9 Å². The number of hydrogen-bond acceptors (Lipinski definition) is 3. The smallest absolute Gasteiger partial charge is 0.255 e. The molecular weight excluding hydrogens is 326 g/mol. The number of carbonyl (C=O) groups excluding carboxylic acids is 2. The molecule has 2 aromatic carbocycles. The molecule has 0 spiro atoms. The number of rotatable bonds is 4. The first-order chi connectivity index (χ1) is 12.7. The van der Waals surface area contributed by atoms with E-state index in [-0.39, 0.29) is 11.8 Å². The lowest BCUT2D eigenvalue weighted by atomic mass is 10.1. The zero-order valence-electron chi connectivity index (χ0n) is 14.3. The summed E-state index contributed by atoms with van der Waals surface area (Å²) >= 11 is 0. The van der Waals surface area contributed by atoms with Crippen LogP contribution in [0.2, 0.25) is 0 Å². The van der Waals surface area contributed by atoms with Crippen LogP contribution in [-0.2, 0) is 11.3 Å². The summed E-state index contributed by atoms with van der Waals surface area (Å²) in [6.07, 6.45) is 3.32. The first kappa shape index (κ1) is 16.3. The molecule has 1 aliphatic heterocycles. The predicted molar refractivity (Wildman–Crippen MR) is 101 cm³/mol. The fourth-order valence-electron chi connectivity index (χ4n) is 3.21. The van der Waals surface area contributed by atoms with Crippen LogP contribution >= 0.6 is 0 Å². The highest BCUT2D eigenvalue weighted by Crippen LogP contribution is 2.19. The molecule has 2 heterocycles. The van der Waals surface area contributed by atoms with E-state index >= 15 is 0 Å². The Morgan fingerprint density at radius 1 is 1.12 bits per heavy atom. The van der Waals surface area contributed by atoms with Crippen molar-refractivity contribution in [2.45, 2.75) is 19.4 Å². The van der Waals surface area contributed by atoms with E-state index in [0.717, 1.165) is 35.1 Å². The number of pyridine rings is 1. The molecule has 130 valence electrons. The van der Waals surface area contributed by atoms with Gasteiger partial charge in [-0.05, 0) is 48.4 Å². The van der Waals surface area contributed by atoms with Crippen LogP contribution in [0.1, 0.15) is 28.8 Å². The zero-order chi connectivity index (χ0) is 17.9. The zero-order valence-corrected chi connectivity index (χ0v) is 14.3. The van der Waals surface area contributed by atoms with Crippen molar-refractivity contribution in [3.05, 3.63) is 71.9 Å². The van der Waals surface area contributed by atoms with Gasteiger partial charge in [-0.15, -0.1) is 0 Å². The fourth-order valence-corrected chi connectivity index (χ4v) is 3.21. The summed E-state index contributed by atoms with van der Waals surface area (Å²) in [6.45, 7) is 1.43. The lowest BCUT2D eigenvalue weighted by Gasteiger charge is -2.15. The van der Waals surface area contributed by atoms with Crippen LogP contribution in [0, 0.1) is 0 Å². The molecular formula is C21H19N3O2. The summed E-state index contributed by atoms with van der Waals surface area (Å²) in [5, 5.41) is 3.90. The summed E-state index contributed by atoms with van der Waals surface area (Å²) in [5.41, 5.74) is 3.26. The molecule has 1 aromatic heterocycles. The van der Waals surface area contributed by atoms with Crippen molar-refractivity contribution in [2.24, 2.45) is 0 Å². The minimum absolute atomic E-state index is 0.156. The van der Waals surface area contributed by atoms with Gasteiger partial charge in [-0.25, -0.2) is 0 Å². The summed E-state index contributed by atoms with van der Waals surface area (Å²) in [7, 11) is 0. The first-order valence-corrected chi connectivity index (χ1v) is 8.72. The van der Waals surface area contributed by atoms with Gasteiger partial charge >= 0.3 is 0 Å². The van der Waals surface area contributed by atoms with Crippen molar-refractivity contribution < 1.29 is 9.59 Å². The number of aromatic nitrogens is 1. The lowest BCUT2D eigenvalue weighted by molar-refractivity contribution is -0.128. The van der Waals surface area contributed by atoms with Gasteiger partial charge in [-0.3, -0.25) is 14.6 Å². The Morgan fingerprint density at radius 3 is 2.73 bits per heavy atom. The second-order valence-corrected chi connectivity index (χ2v) is 6.48. The molecule has 0 saturated carbocycles. The lowest BCUT2D eigenvalue weighted by Crippen LogP contribution is -2.23. The normalized spacial score (nSPS) is 14.0. The van der Waals surface area contributed by atoms with E-state index in [2.05, 4.69) is 10.3 Å². The Balaban J connectivity index is 1.44. The molecule has 0 radical (unpaired) electrons. The van der Waals surface area contributed by atoms with Crippen LogP contribution in [0.15, 0.2) is 60.8 Å².